The molecule has 0 unspecified atom stereocenters. The number of likely N-dealkylation sites (N-methyl/N-ethyl adjacent to an activating group) is 2. The van der Waals surface area contributed by atoms with Crippen molar-refractivity contribution < 1.29 is 0 Å². The van der Waals surface area contributed by atoms with Crippen molar-refractivity contribution in [2.24, 2.45) is 0 Å². The Hall–Kier alpha value is -2.17. The van der Waals surface area contributed by atoms with Crippen molar-refractivity contribution in [1.29, 1.82) is 0 Å². The number of aromatic amines is 1. The van der Waals surface area contributed by atoms with E-state index in [1.165, 1.54) is 11.4 Å². The molecule has 1 aromatic heterocycles. The Morgan fingerprint density at radius 1 is 1.17 bits per heavy atom. The summed E-state index contributed by atoms with van der Waals surface area (Å²) in [6, 6.07) is 6.41. The number of nitrogens with zero attached hydrogens (tertiary/aromatic N) is 3. The SMILES string of the molecule is CN1CCN(C)c2cc(-c3cn[nH]c3N)ccc21. The molecule has 0 atom stereocenters. The van der Waals surface area contributed by atoms with Crippen molar-refractivity contribution >= 4 is 17.2 Å². The topological polar surface area (TPSA) is 61.2 Å². The molecule has 3 N–H and O–H groups in total. The van der Waals surface area contributed by atoms with E-state index in [0.717, 1.165) is 24.2 Å². The minimum atomic E-state index is 0.613. The smallest absolute Gasteiger partial charge is 0.126 e. The standard InChI is InChI=1S/C13H17N5/c1-17-5-6-18(2)12-7-9(3-4-11(12)17)10-8-15-16-13(10)14/h3-4,7-8H,5-6H2,1-2H3,(H3,14,15,16). The van der Waals surface area contributed by atoms with E-state index >= 15 is 0 Å². The van der Waals surface area contributed by atoms with E-state index in [1.54, 1.807) is 6.20 Å². The van der Waals surface area contributed by atoms with Gasteiger partial charge in [-0.15, -0.1) is 0 Å². The van der Waals surface area contributed by atoms with Crippen LogP contribution >= 0.6 is 0 Å². The van der Waals surface area contributed by atoms with Crippen molar-refractivity contribution in [3.8, 4) is 11.1 Å². The highest BCUT2D eigenvalue weighted by molar-refractivity contribution is 5.82. The number of nitrogens with one attached hydrogen (secondary N) is 1. The summed E-state index contributed by atoms with van der Waals surface area (Å²) in [6.45, 7) is 2.09. The first-order valence-electron chi connectivity index (χ1n) is 6.02. The summed E-state index contributed by atoms with van der Waals surface area (Å²) in [7, 11) is 4.24. The van der Waals surface area contributed by atoms with E-state index in [4.69, 9.17) is 5.73 Å². The summed E-state index contributed by atoms with van der Waals surface area (Å²) >= 11 is 0. The maximum Gasteiger partial charge on any atom is 0.126 e. The quantitative estimate of drug-likeness (QED) is 0.797. The largest absolute Gasteiger partial charge is 0.384 e. The normalized spacial score (nSPS) is 14.8. The molecule has 1 aliphatic heterocycles. The second-order valence-electron chi connectivity index (χ2n) is 4.74. The number of aromatic nitrogens is 2. The molecule has 0 spiro atoms. The van der Waals surface area contributed by atoms with Gasteiger partial charge in [0.15, 0.2) is 0 Å². The van der Waals surface area contributed by atoms with E-state index in [9.17, 15) is 0 Å². The molecular formula is C13H17N5. The Kier molecular flexibility index (Phi) is 2.40. The fourth-order valence-electron chi connectivity index (χ4n) is 2.39. The molecule has 0 amide bonds. The van der Waals surface area contributed by atoms with E-state index in [1.807, 2.05) is 0 Å². The average Bonchev–Trinajstić information content (AvgIpc) is 2.80. The summed E-state index contributed by atoms with van der Waals surface area (Å²) < 4.78 is 0. The highest BCUT2D eigenvalue weighted by Gasteiger charge is 2.18. The van der Waals surface area contributed by atoms with Crippen LogP contribution in [0.15, 0.2) is 24.4 Å². The highest BCUT2D eigenvalue weighted by atomic mass is 15.2. The minimum Gasteiger partial charge on any atom is -0.384 e. The monoisotopic (exact) mass is 243 g/mol. The summed E-state index contributed by atoms with van der Waals surface area (Å²) in [4.78, 5) is 4.55. The Bertz CT molecular complexity index is 575. The number of anilines is 3. The number of nitrogens with two attached hydrogens (primary N) is 1. The van der Waals surface area contributed by atoms with Gasteiger partial charge >= 0.3 is 0 Å². The van der Waals surface area contributed by atoms with Crippen LogP contribution < -0.4 is 15.5 Å². The Labute approximate surface area is 106 Å². The van der Waals surface area contributed by atoms with Gasteiger partial charge in [-0.1, -0.05) is 6.07 Å². The number of H-pyrrole nitrogens is 1. The number of benzene rings is 1. The molecule has 2 aromatic rings. The van der Waals surface area contributed by atoms with Crippen LogP contribution in [-0.2, 0) is 0 Å². The third-order valence-electron chi connectivity index (χ3n) is 3.55. The molecule has 0 bridgehead atoms. The molecule has 94 valence electrons. The van der Waals surface area contributed by atoms with Gasteiger partial charge in [-0.2, -0.15) is 5.10 Å². The van der Waals surface area contributed by atoms with Crippen LogP contribution in [0.5, 0.6) is 0 Å². The lowest BCUT2D eigenvalue weighted by Gasteiger charge is -2.35. The molecular weight excluding hydrogens is 226 g/mol. The molecule has 0 aliphatic carbocycles. The summed E-state index contributed by atoms with van der Waals surface area (Å²) in [5.74, 6) is 0.613. The van der Waals surface area contributed by atoms with Gasteiger partial charge in [0.2, 0.25) is 0 Å². The molecule has 18 heavy (non-hydrogen) atoms. The van der Waals surface area contributed by atoms with Crippen LogP contribution in [0.1, 0.15) is 0 Å². The average molecular weight is 243 g/mol. The molecule has 5 nitrogen and oxygen atoms in total. The van der Waals surface area contributed by atoms with Gasteiger partial charge in [0.25, 0.3) is 0 Å². The molecule has 0 saturated heterocycles. The van der Waals surface area contributed by atoms with Crippen LogP contribution in [-0.4, -0.2) is 37.4 Å². The lowest BCUT2D eigenvalue weighted by molar-refractivity contribution is 0.798. The van der Waals surface area contributed by atoms with Gasteiger partial charge < -0.3 is 15.5 Å². The highest BCUT2D eigenvalue weighted by Crippen LogP contribution is 2.36. The maximum atomic E-state index is 5.87. The molecule has 1 aromatic carbocycles. The number of hydrogen-bond acceptors (Lipinski definition) is 4. The minimum absolute atomic E-state index is 0.613. The number of fused-ring (bicyclic) bond motifs is 1. The fraction of sp³-hybridized carbons (Fsp3) is 0.308. The summed E-state index contributed by atoms with van der Waals surface area (Å²) in [5.41, 5.74) is 10.4. The van der Waals surface area contributed by atoms with Crippen LogP contribution in [0.3, 0.4) is 0 Å². The van der Waals surface area contributed by atoms with Gasteiger partial charge in [-0.25, -0.2) is 0 Å². The lowest BCUT2D eigenvalue weighted by atomic mass is 10.0. The van der Waals surface area contributed by atoms with Gasteiger partial charge in [0.1, 0.15) is 5.82 Å². The zero-order valence-electron chi connectivity index (χ0n) is 10.6. The second kappa shape index (κ2) is 3.94. The Balaban J connectivity index is 2.10. The Morgan fingerprint density at radius 3 is 2.56 bits per heavy atom. The van der Waals surface area contributed by atoms with Crippen molar-refractivity contribution in [2.75, 3.05) is 42.7 Å². The first-order chi connectivity index (χ1) is 8.66. The van der Waals surface area contributed by atoms with Crippen molar-refractivity contribution in [2.45, 2.75) is 0 Å². The van der Waals surface area contributed by atoms with Crippen LogP contribution in [0, 0.1) is 0 Å². The number of rotatable bonds is 1. The second-order valence-corrected chi connectivity index (χ2v) is 4.74. The van der Waals surface area contributed by atoms with Crippen molar-refractivity contribution in [3.05, 3.63) is 24.4 Å². The fourth-order valence-corrected chi connectivity index (χ4v) is 2.39. The third-order valence-corrected chi connectivity index (χ3v) is 3.55. The van der Waals surface area contributed by atoms with Crippen molar-refractivity contribution in [1.82, 2.24) is 10.2 Å². The molecule has 3 rings (SSSR count). The molecule has 2 heterocycles. The Morgan fingerprint density at radius 2 is 1.89 bits per heavy atom. The van der Waals surface area contributed by atoms with Crippen LogP contribution in [0.2, 0.25) is 0 Å². The van der Waals surface area contributed by atoms with Crippen molar-refractivity contribution in [3.63, 3.8) is 0 Å². The molecule has 0 saturated carbocycles. The van der Waals surface area contributed by atoms with E-state index in [0.29, 0.717) is 5.82 Å². The predicted molar refractivity (Wildman–Crippen MR) is 75.0 cm³/mol. The first-order valence-corrected chi connectivity index (χ1v) is 6.02. The zero-order chi connectivity index (χ0) is 12.7. The summed E-state index contributed by atoms with van der Waals surface area (Å²) in [5, 5.41) is 6.74. The predicted octanol–water partition coefficient (Wildman–Crippen LogP) is 1.54. The molecule has 0 radical (unpaired) electrons. The first kappa shape index (κ1) is 11.0. The van der Waals surface area contributed by atoms with Gasteiger partial charge in [0, 0.05) is 32.7 Å². The number of hydrogen-bond donors (Lipinski definition) is 2. The zero-order valence-corrected chi connectivity index (χ0v) is 10.6. The van der Waals surface area contributed by atoms with E-state index < -0.39 is 0 Å². The van der Waals surface area contributed by atoms with E-state index in [-0.39, 0.29) is 0 Å². The number of nitrogen functional groups attached to an aromatic ring is 1. The van der Waals surface area contributed by atoms with Crippen LogP contribution in [0.25, 0.3) is 11.1 Å². The molecule has 1 aliphatic rings. The van der Waals surface area contributed by atoms with E-state index in [2.05, 4.69) is 52.3 Å². The van der Waals surface area contributed by atoms with Crippen LogP contribution in [0.4, 0.5) is 17.2 Å². The third kappa shape index (κ3) is 1.59. The molecule has 0 fully saturated rings. The summed E-state index contributed by atoms with van der Waals surface area (Å²) in [6.07, 6.45) is 1.77. The molecule has 5 heteroatoms. The maximum absolute atomic E-state index is 5.87. The van der Waals surface area contributed by atoms with Gasteiger partial charge in [-0.3, -0.25) is 5.10 Å². The van der Waals surface area contributed by atoms with Gasteiger partial charge in [-0.05, 0) is 17.7 Å². The lowest BCUT2D eigenvalue weighted by Crippen LogP contribution is -2.36. The van der Waals surface area contributed by atoms with Gasteiger partial charge in [0.05, 0.1) is 17.6 Å².